The first-order chi connectivity index (χ1) is 14.6. The fourth-order valence-corrected chi connectivity index (χ4v) is 3.66. The highest BCUT2D eigenvalue weighted by atomic mass is 16.2. The van der Waals surface area contributed by atoms with Crippen LogP contribution in [0.4, 0.5) is 0 Å². The lowest BCUT2D eigenvalue weighted by atomic mass is 10.0. The summed E-state index contributed by atoms with van der Waals surface area (Å²) in [4.78, 5) is 38.0. The van der Waals surface area contributed by atoms with E-state index in [2.05, 4.69) is 38.0 Å². The molecule has 31 heavy (non-hydrogen) atoms. The van der Waals surface area contributed by atoms with E-state index in [1.54, 1.807) is 4.90 Å². The number of nitrogens with zero attached hydrogens (tertiary/aromatic N) is 1. The molecule has 1 aliphatic heterocycles. The molecule has 0 aromatic rings. The molecule has 4 atom stereocenters. The molecule has 0 saturated carbocycles. The van der Waals surface area contributed by atoms with Crippen LogP contribution in [0.5, 0.6) is 0 Å². The zero-order valence-electron chi connectivity index (χ0n) is 20.6. The van der Waals surface area contributed by atoms with E-state index in [-0.39, 0.29) is 42.6 Å². The molecule has 7 nitrogen and oxygen atoms in total. The second kappa shape index (κ2) is 15.8. The fourth-order valence-electron chi connectivity index (χ4n) is 3.66. The molecule has 0 bridgehead atoms. The van der Waals surface area contributed by atoms with Gasteiger partial charge in [0.2, 0.25) is 17.7 Å². The van der Waals surface area contributed by atoms with Crippen LogP contribution in [-0.2, 0) is 14.4 Å². The molecule has 0 aromatic heterocycles. The molecule has 0 spiro atoms. The number of hydrogen-bond donors (Lipinski definition) is 3. The Morgan fingerprint density at radius 2 is 1.87 bits per heavy atom. The second-order valence-electron chi connectivity index (χ2n) is 8.90. The molecule has 1 heterocycles. The van der Waals surface area contributed by atoms with E-state index in [1.165, 1.54) is 19.3 Å². The lowest BCUT2D eigenvalue weighted by molar-refractivity contribution is -0.140. The lowest BCUT2D eigenvalue weighted by Gasteiger charge is -2.30. The largest absolute Gasteiger partial charge is 0.354 e. The molecular formula is C24H46N4O3. The summed E-state index contributed by atoms with van der Waals surface area (Å²) in [6.45, 7) is 17.1. The minimum absolute atomic E-state index is 0.00435. The van der Waals surface area contributed by atoms with Gasteiger partial charge in [-0.15, -0.1) is 0 Å². The summed E-state index contributed by atoms with van der Waals surface area (Å²) in [5.41, 5.74) is 6.48. The van der Waals surface area contributed by atoms with Crippen LogP contribution in [0, 0.1) is 11.8 Å². The van der Waals surface area contributed by atoms with E-state index in [0.717, 1.165) is 17.9 Å². The van der Waals surface area contributed by atoms with Gasteiger partial charge < -0.3 is 21.3 Å². The quantitative estimate of drug-likeness (QED) is 0.407. The molecule has 0 radical (unpaired) electrons. The van der Waals surface area contributed by atoms with Crippen molar-refractivity contribution in [3.05, 3.63) is 12.2 Å². The monoisotopic (exact) mass is 438 g/mol. The molecular weight excluding hydrogens is 392 g/mol. The maximum absolute atomic E-state index is 12.5. The zero-order chi connectivity index (χ0) is 24.0. The van der Waals surface area contributed by atoms with Crippen LogP contribution in [-0.4, -0.2) is 54.3 Å². The number of carbonyl (C=O) groups is 3. The average molecular weight is 439 g/mol. The number of nitrogens with one attached hydrogen (secondary N) is 2. The minimum Gasteiger partial charge on any atom is -0.354 e. The van der Waals surface area contributed by atoms with Crippen molar-refractivity contribution in [1.29, 1.82) is 0 Å². The third-order valence-corrected chi connectivity index (χ3v) is 5.64. The molecule has 3 unspecified atom stereocenters. The molecule has 1 aliphatic rings. The van der Waals surface area contributed by atoms with E-state index in [0.29, 0.717) is 19.5 Å². The predicted octanol–water partition coefficient (Wildman–Crippen LogP) is 2.99. The summed E-state index contributed by atoms with van der Waals surface area (Å²) >= 11 is 0. The van der Waals surface area contributed by atoms with Gasteiger partial charge in [0, 0.05) is 31.5 Å². The Bertz CT molecular complexity index is 579. The molecule has 180 valence electrons. The highest BCUT2D eigenvalue weighted by molar-refractivity contribution is 5.90. The predicted molar refractivity (Wildman–Crippen MR) is 127 cm³/mol. The Morgan fingerprint density at radius 3 is 2.29 bits per heavy atom. The third kappa shape index (κ3) is 11.3. The SMILES string of the molecule is C=C(C)CNC(=O)CCNC(=O)C(CCN)N1C(=O)[C@H](C)CC1C.CCCC(C)CC. The van der Waals surface area contributed by atoms with Crippen LogP contribution < -0.4 is 16.4 Å². The van der Waals surface area contributed by atoms with Crippen molar-refractivity contribution in [2.24, 2.45) is 17.6 Å². The van der Waals surface area contributed by atoms with E-state index in [9.17, 15) is 14.4 Å². The van der Waals surface area contributed by atoms with Crippen molar-refractivity contribution < 1.29 is 14.4 Å². The van der Waals surface area contributed by atoms with Crippen molar-refractivity contribution in [3.63, 3.8) is 0 Å². The number of carbonyl (C=O) groups excluding carboxylic acids is 3. The van der Waals surface area contributed by atoms with Gasteiger partial charge in [-0.2, -0.15) is 0 Å². The van der Waals surface area contributed by atoms with Gasteiger partial charge in [0.15, 0.2) is 0 Å². The van der Waals surface area contributed by atoms with Crippen molar-refractivity contribution in [2.45, 2.75) is 92.2 Å². The fraction of sp³-hybridized carbons (Fsp3) is 0.792. The summed E-state index contributed by atoms with van der Waals surface area (Å²) in [6, 6.07) is -0.547. The lowest BCUT2D eigenvalue weighted by Crippen LogP contribution is -2.51. The molecule has 0 aromatic carbocycles. The smallest absolute Gasteiger partial charge is 0.242 e. The molecule has 4 N–H and O–H groups in total. The summed E-state index contributed by atoms with van der Waals surface area (Å²) in [7, 11) is 0. The highest BCUT2D eigenvalue weighted by Gasteiger charge is 2.40. The number of hydrogen-bond acceptors (Lipinski definition) is 4. The zero-order valence-corrected chi connectivity index (χ0v) is 20.6. The van der Waals surface area contributed by atoms with Gasteiger partial charge in [-0.25, -0.2) is 0 Å². The van der Waals surface area contributed by atoms with E-state index in [4.69, 9.17) is 5.73 Å². The third-order valence-electron chi connectivity index (χ3n) is 5.64. The normalized spacial score (nSPS) is 19.8. The standard InChI is InChI=1S/C17H30N4O3.C7H16/c1-11(2)10-20-15(22)6-8-19-16(23)14(5-7-18)21-13(4)9-12(3)17(21)24;1-4-6-7(3)5-2/h12-14H,1,5-10,18H2,2-4H3,(H,19,23)(H,20,22);7H,4-6H2,1-3H3/t12-,13?,14?;/m1./s1. The highest BCUT2D eigenvalue weighted by Crippen LogP contribution is 2.27. The topological polar surface area (TPSA) is 105 Å². The summed E-state index contributed by atoms with van der Waals surface area (Å²) in [6.07, 6.45) is 5.43. The summed E-state index contributed by atoms with van der Waals surface area (Å²) in [5, 5.41) is 5.46. The number of rotatable bonds is 12. The van der Waals surface area contributed by atoms with Crippen LogP contribution in [0.25, 0.3) is 0 Å². The molecule has 3 amide bonds. The number of nitrogens with two attached hydrogens (primary N) is 1. The van der Waals surface area contributed by atoms with Gasteiger partial charge in [0.25, 0.3) is 0 Å². The van der Waals surface area contributed by atoms with Crippen LogP contribution in [0.2, 0.25) is 0 Å². The van der Waals surface area contributed by atoms with Gasteiger partial charge in [-0.05, 0) is 39.2 Å². The molecule has 1 saturated heterocycles. The van der Waals surface area contributed by atoms with Gasteiger partial charge in [-0.3, -0.25) is 14.4 Å². The van der Waals surface area contributed by atoms with E-state index >= 15 is 0 Å². The maximum Gasteiger partial charge on any atom is 0.242 e. The molecule has 1 rings (SSSR count). The van der Waals surface area contributed by atoms with Gasteiger partial charge in [-0.1, -0.05) is 59.1 Å². The number of amides is 3. The molecule has 0 aliphatic carbocycles. The number of likely N-dealkylation sites (tertiary alicyclic amines) is 1. The van der Waals surface area contributed by atoms with E-state index < -0.39 is 6.04 Å². The van der Waals surface area contributed by atoms with Gasteiger partial charge >= 0.3 is 0 Å². The van der Waals surface area contributed by atoms with Crippen molar-refractivity contribution in [2.75, 3.05) is 19.6 Å². The van der Waals surface area contributed by atoms with Crippen LogP contribution in [0.1, 0.15) is 80.1 Å². The first-order valence-electron chi connectivity index (χ1n) is 11.8. The van der Waals surface area contributed by atoms with Crippen LogP contribution in [0.15, 0.2) is 12.2 Å². The Morgan fingerprint density at radius 1 is 1.23 bits per heavy atom. The van der Waals surface area contributed by atoms with Crippen molar-refractivity contribution >= 4 is 17.7 Å². The van der Waals surface area contributed by atoms with Crippen LogP contribution >= 0.6 is 0 Å². The summed E-state index contributed by atoms with van der Waals surface area (Å²) < 4.78 is 0. The van der Waals surface area contributed by atoms with E-state index in [1.807, 2.05) is 20.8 Å². The minimum atomic E-state index is -0.569. The Hall–Kier alpha value is -1.89. The van der Waals surface area contributed by atoms with Gasteiger partial charge in [0.1, 0.15) is 6.04 Å². The second-order valence-corrected chi connectivity index (χ2v) is 8.90. The molecule has 7 heteroatoms. The average Bonchev–Trinajstić information content (AvgIpc) is 2.96. The van der Waals surface area contributed by atoms with Crippen molar-refractivity contribution in [3.8, 4) is 0 Å². The summed E-state index contributed by atoms with van der Waals surface area (Å²) in [5.74, 6) is 0.483. The first kappa shape index (κ1) is 29.1. The van der Waals surface area contributed by atoms with Crippen molar-refractivity contribution in [1.82, 2.24) is 15.5 Å². The van der Waals surface area contributed by atoms with Crippen LogP contribution in [0.3, 0.4) is 0 Å². The van der Waals surface area contributed by atoms with Gasteiger partial charge in [0.05, 0.1) is 0 Å². The Kier molecular flexibility index (Phi) is 14.9. The first-order valence-corrected chi connectivity index (χ1v) is 11.8. The Labute approximate surface area is 189 Å². The maximum atomic E-state index is 12.5. The molecule has 1 fully saturated rings. The Balaban J connectivity index is 0.00000110.